The number of hydrogen-bond donors (Lipinski definition) is 1. The molecule has 0 aliphatic carbocycles. The standard InChI is InChI=1S/C19H18FIN4O3/c1-19(2)27-13-8-26-18(15(13)28-19)25-7-12(21)14-16(22-9-23-17(14)25)24-11-5-3-10(20)4-6-11/h3-7,9,13,15,18H,8H2,1-2H3,(H,22,23,24)/t13-,15-,18-/m1/s1. The zero-order chi connectivity index (χ0) is 19.5. The first-order valence-corrected chi connectivity index (χ1v) is 10.00. The Morgan fingerprint density at radius 2 is 2.00 bits per heavy atom. The number of benzene rings is 1. The number of hydrogen-bond acceptors (Lipinski definition) is 6. The van der Waals surface area contributed by atoms with Crippen molar-refractivity contribution >= 4 is 45.1 Å². The van der Waals surface area contributed by atoms with Gasteiger partial charge in [-0.2, -0.15) is 0 Å². The van der Waals surface area contributed by atoms with E-state index in [1.54, 1.807) is 12.1 Å². The molecule has 0 saturated carbocycles. The molecule has 1 aromatic carbocycles. The summed E-state index contributed by atoms with van der Waals surface area (Å²) in [5, 5.41) is 4.12. The number of nitrogens with one attached hydrogen (secondary N) is 1. The zero-order valence-corrected chi connectivity index (χ0v) is 17.4. The molecule has 5 rings (SSSR count). The monoisotopic (exact) mass is 496 g/mol. The van der Waals surface area contributed by atoms with E-state index in [-0.39, 0.29) is 24.3 Å². The summed E-state index contributed by atoms with van der Waals surface area (Å²) in [6.07, 6.45) is 2.85. The van der Waals surface area contributed by atoms with Crippen molar-refractivity contribution in [2.75, 3.05) is 11.9 Å². The van der Waals surface area contributed by atoms with E-state index in [0.717, 1.165) is 20.3 Å². The normalized spacial score (nSPS) is 25.9. The van der Waals surface area contributed by atoms with Crippen LogP contribution in [0.4, 0.5) is 15.9 Å². The molecule has 0 unspecified atom stereocenters. The van der Waals surface area contributed by atoms with Crippen molar-refractivity contribution in [3.8, 4) is 0 Å². The number of rotatable bonds is 3. The molecule has 4 heterocycles. The second-order valence-electron chi connectivity index (χ2n) is 7.30. The first kappa shape index (κ1) is 18.2. The maximum Gasteiger partial charge on any atom is 0.164 e. The van der Waals surface area contributed by atoms with Gasteiger partial charge in [-0.25, -0.2) is 14.4 Å². The van der Waals surface area contributed by atoms with E-state index in [4.69, 9.17) is 14.2 Å². The second-order valence-corrected chi connectivity index (χ2v) is 8.46. The van der Waals surface area contributed by atoms with Crippen molar-refractivity contribution in [2.45, 2.75) is 38.1 Å². The van der Waals surface area contributed by atoms with Crippen LogP contribution in [0, 0.1) is 9.39 Å². The van der Waals surface area contributed by atoms with Gasteiger partial charge in [0.1, 0.15) is 35.8 Å². The molecule has 2 fully saturated rings. The molecule has 9 heteroatoms. The summed E-state index contributed by atoms with van der Waals surface area (Å²) in [6, 6.07) is 6.15. The molecule has 1 N–H and O–H groups in total. The van der Waals surface area contributed by atoms with E-state index in [1.165, 1.54) is 18.5 Å². The molecular formula is C19H18FIN4O3. The predicted molar refractivity (Wildman–Crippen MR) is 109 cm³/mol. The number of aromatic nitrogens is 3. The van der Waals surface area contributed by atoms with E-state index in [2.05, 4.69) is 37.9 Å². The molecular weight excluding hydrogens is 478 g/mol. The summed E-state index contributed by atoms with van der Waals surface area (Å²) in [5.74, 6) is -0.260. The highest BCUT2D eigenvalue weighted by molar-refractivity contribution is 14.1. The fourth-order valence-corrected chi connectivity index (χ4v) is 4.56. The molecule has 3 atom stereocenters. The summed E-state index contributed by atoms with van der Waals surface area (Å²) < 4.78 is 34.1. The van der Waals surface area contributed by atoms with Crippen LogP contribution in [0.2, 0.25) is 0 Å². The fraction of sp³-hybridized carbons (Fsp3) is 0.368. The van der Waals surface area contributed by atoms with Crippen LogP contribution in [0.3, 0.4) is 0 Å². The van der Waals surface area contributed by atoms with Gasteiger partial charge in [0.05, 0.1) is 12.0 Å². The first-order chi connectivity index (χ1) is 13.4. The van der Waals surface area contributed by atoms with Crippen LogP contribution in [0.1, 0.15) is 20.1 Å². The quantitative estimate of drug-likeness (QED) is 0.554. The maximum absolute atomic E-state index is 13.2. The number of halogens is 2. The average molecular weight is 496 g/mol. The third-order valence-corrected chi connectivity index (χ3v) is 5.70. The highest BCUT2D eigenvalue weighted by Gasteiger charge is 2.51. The minimum atomic E-state index is -0.627. The van der Waals surface area contributed by atoms with Crippen LogP contribution in [0.15, 0.2) is 36.8 Å². The third-order valence-electron chi connectivity index (χ3n) is 4.88. The lowest BCUT2D eigenvalue weighted by Gasteiger charge is -2.22. The van der Waals surface area contributed by atoms with Gasteiger partial charge in [0.2, 0.25) is 0 Å². The SMILES string of the molecule is CC1(C)O[C@H]2[C@H](n3cc(I)c4c(Nc5ccc(F)cc5)ncnc43)OC[C@H]2O1. The van der Waals surface area contributed by atoms with Gasteiger partial charge in [-0.05, 0) is 60.7 Å². The number of nitrogens with zero attached hydrogens (tertiary/aromatic N) is 3. The highest BCUT2D eigenvalue weighted by Crippen LogP contribution is 2.42. The van der Waals surface area contributed by atoms with Gasteiger partial charge in [0, 0.05) is 15.5 Å². The van der Waals surface area contributed by atoms with Crippen molar-refractivity contribution in [1.82, 2.24) is 14.5 Å². The molecule has 146 valence electrons. The summed E-state index contributed by atoms with van der Waals surface area (Å²) in [6.45, 7) is 4.29. The van der Waals surface area contributed by atoms with Gasteiger partial charge in [0.15, 0.2) is 12.0 Å². The summed E-state index contributed by atoms with van der Waals surface area (Å²) in [5.41, 5.74) is 1.49. The molecule has 3 aromatic rings. The van der Waals surface area contributed by atoms with Crippen LogP contribution in [-0.2, 0) is 14.2 Å². The van der Waals surface area contributed by atoms with Gasteiger partial charge in [0.25, 0.3) is 0 Å². The van der Waals surface area contributed by atoms with Gasteiger partial charge in [-0.15, -0.1) is 0 Å². The van der Waals surface area contributed by atoms with Gasteiger partial charge >= 0.3 is 0 Å². The number of fused-ring (bicyclic) bond motifs is 2. The molecule has 0 amide bonds. The van der Waals surface area contributed by atoms with Crippen LogP contribution in [0.25, 0.3) is 11.0 Å². The van der Waals surface area contributed by atoms with E-state index in [1.807, 2.05) is 24.6 Å². The van der Waals surface area contributed by atoms with Crippen molar-refractivity contribution in [2.24, 2.45) is 0 Å². The fourth-order valence-electron chi connectivity index (χ4n) is 3.76. The van der Waals surface area contributed by atoms with E-state index in [0.29, 0.717) is 12.4 Å². The van der Waals surface area contributed by atoms with Crippen molar-refractivity contribution in [1.29, 1.82) is 0 Å². The Balaban J connectivity index is 1.53. The molecule has 2 saturated heterocycles. The Hall–Kier alpha value is -1.82. The van der Waals surface area contributed by atoms with E-state index >= 15 is 0 Å². The van der Waals surface area contributed by atoms with Crippen LogP contribution >= 0.6 is 22.6 Å². The van der Waals surface area contributed by atoms with Crippen LogP contribution in [0.5, 0.6) is 0 Å². The number of ether oxygens (including phenoxy) is 3. The molecule has 7 nitrogen and oxygen atoms in total. The van der Waals surface area contributed by atoms with Crippen molar-refractivity contribution in [3.63, 3.8) is 0 Å². The van der Waals surface area contributed by atoms with Gasteiger partial charge in [-0.3, -0.25) is 0 Å². The highest BCUT2D eigenvalue weighted by atomic mass is 127. The first-order valence-electron chi connectivity index (χ1n) is 8.92. The largest absolute Gasteiger partial charge is 0.352 e. The minimum Gasteiger partial charge on any atom is -0.352 e. The van der Waals surface area contributed by atoms with Crippen molar-refractivity contribution in [3.05, 3.63) is 46.2 Å². The molecule has 2 aliphatic rings. The summed E-state index contributed by atoms with van der Waals surface area (Å²) in [4.78, 5) is 8.87. The third kappa shape index (κ3) is 3.06. The summed E-state index contributed by atoms with van der Waals surface area (Å²) >= 11 is 2.26. The predicted octanol–water partition coefficient (Wildman–Crippen LogP) is 3.97. The van der Waals surface area contributed by atoms with E-state index < -0.39 is 5.79 Å². The topological polar surface area (TPSA) is 70.4 Å². The lowest BCUT2D eigenvalue weighted by atomic mass is 10.2. The molecule has 2 aromatic heterocycles. The average Bonchev–Trinajstić information content (AvgIpc) is 3.27. The molecule has 2 aliphatic heterocycles. The Morgan fingerprint density at radius 3 is 2.79 bits per heavy atom. The Labute approximate surface area is 174 Å². The Bertz CT molecular complexity index is 1040. The van der Waals surface area contributed by atoms with Crippen molar-refractivity contribution < 1.29 is 18.6 Å². The van der Waals surface area contributed by atoms with Crippen LogP contribution < -0.4 is 5.32 Å². The lowest BCUT2D eigenvalue weighted by molar-refractivity contribution is -0.183. The molecule has 0 bridgehead atoms. The summed E-state index contributed by atoms with van der Waals surface area (Å²) in [7, 11) is 0. The van der Waals surface area contributed by atoms with Crippen LogP contribution in [-0.4, -0.2) is 39.1 Å². The van der Waals surface area contributed by atoms with Gasteiger partial charge < -0.3 is 24.1 Å². The Kier molecular flexibility index (Phi) is 4.30. The Morgan fingerprint density at radius 1 is 1.21 bits per heavy atom. The minimum absolute atomic E-state index is 0.103. The smallest absolute Gasteiger partial charge is 0.164 e. The van der Waals surface area contributed by atoms with E-state index in [9.17, 15) is 4.39 Å². The van der Waals surface area contributed by atoms with Gasteiger partial charge in [-0.1, -0.05) is 0 Å². The molecule has 0 spiro atoms. The zero-order valence-electron chi connectivity index (χ0n) is 15.2. The molecule has 28 heavy (non-hydrogen) atoms. The number of anilines is 2. The maximum atomic E-state index is 13.2. The molecule has 0 radical (unpaired) electrons. The lowest BCUT2D eigenvalue weighted by Crippen LogP contribution is -2.27. The second kappa shape index (κ2) is 6.61.